The summed E-state index contributed by atoms with van der Waals surface area (Å²) < 4.78 is 10.7. The molecule has 5 heteroatoms. The lowest BCUT2D eigenvalue weighted by molar-refractivity contribution is 0.160. The molecule has 0 spiro atoms. The first-order valence-electron chi connectivity index (χ1n) is 9.49. The molecule has 2 atom stereocenters. The standard InChI is InChI=1S/C24H26ClNO3/c1-16-4-11-20(12-5-16)26-21(17-6-9-19(25)10-7-17)15-22(27)18-8-13-23(28-2)24(14-18)29-3/h4-14,21-22,26-27H,15H2,1-3H3. The van der Waals surface area contributed by atoms with Gasteiger partial charge in [0.1, 0.15) is 0 Å². The highest BCUT2D eigenvalue weighted by molar-refractivity contribution is 6.30. The van der Waals surface area contributed by atoms with E-state index in [-0.39, 0.29) is 6.04 Å². The lowest BCUT2D eigenvalue weighted by atomic mass is 9.96. The number of hydrogen-bond acceptors (Lipinski definition) is 4. The van der Waals surface area contributed by atoms with Crippen molar-refractivity contribution in [3.8, 4) is 11.5 Å². The molecule has 3 aromatic carbocycles. The van der Waals surface area contributed by atoms with Crippen LogP contribution < -0.4 is 14.8 Å². The Bertz CT molecular complexity index is 926. The number of hydrogen-bond donors (Lipinski definition) is 2. The summed E-state index contributed by atoms with van der Waals surface area (Å²) in [5.41, 5.74) is 4.01. The number of anilines is 1. The van der Waals surface area contributed by atoms with Crippen molar-refractivity contribution in [1.82, 2.24) is 0 Å². The molecule has 2 N–H and O–H groups in total. The molecule has 0 heterocycles. The molecule has 0 radical (unpaired) electrons. The molecule has 152 valence electrons. The number of ether oxygens (including phenoxy) is 2. The molecule has 0 bridgehead atoms. The predicted molar refractivity (Wildman–Crippen MR) is 118 cm³/mol. The van der Waals surface area contributed by atoms with Crippen LogP contribution in [0.15, 0.2) is 66.7 Å². The van der Waals surface area contributed by atoms with Gasteiger partial charge in [-0.3, -0.25) is 0 Å². The van der Waals surface area contributed by atoms with Crippen molar-refractivity contribution < 1.29 is 14.6 Å². The summed E-state index contributed by atoms with van der Waals surface area (Å²) in [7, 11) is 3.18. The number of aliphatic hydroxyl groups is 1. The Morgan fingerprint density at radius 3 is 2.10 bits per heavy atom. The summed E-state index contributed by atoms with van der Waals surface area (Å²) in [6.07, 6.45) is -0.209. The van der Waals surface area contributed by atoms with Gasteiger partial charge in [0, 0.05) is 17.1 Å². The van der Waals surface area contributed by atoms with Crippen LogP contribution in [0.25, 0.3) is 0 Å². The Hall–Kier alpha value is -2.69. The Kier molecular flexibility index (Phi) is 7.02. The van der Waals surface area contributed by atoms with Crippen molar-refractivity contribution in [3.63, 3.8) is 0 Å². The normalized spacial score (nSPS) is 12.9. The Morgan fingerprint density at radius 1 is 0.862 bits per heavy atom. The van der Waals surface area contributed by atoms with Gasteiger partial charge in [-0.05, 0) is 54.4 Å². The molecule has 0 fully saturated rings. The van der Waals surface area contributed by atoms with Gasteiger partial charge < -0.3 is 19.9 Å². The molecule has 0 amide bonds. The number of methoxy groups -OCH3 is 2. The van der Waals surface area contributed by atoms with Crippen molar-refractivity contribution in [1.29, 1.82) is 0 Å². The second-order valence-corrected chi connectivity index (χ2v) is 7.42. The summed E-state index contributed by atoms with van der Waals surface area (Å²) in [5, 5.41) is 15.2. The van der Waals surface area contributed by atoms with E-state index in [1.807, 2.05) is 54.6 Å². The van der Waals surface area contributed by atoms with E-state index < -0.39 is 6.10 Å². The fourth-order valence-electron chi connectivity index (χ4n) is 3.24. The number of nitrogens with one attached hydrogen (secondary N) is 1. The predicted octanol–water partition coefficient (Wildman–Crippen LogP) is 5.94. The highest BCUT2D eigenvalue weighted by Crippen LogP contribution is 2.34. The number of benzene rings is 3. The lowest BCUT2D eigenvalue weighted by Gasteiger charge is -2.24. The summed E-state index contributed by atoms with van der Waals surface area (Å²) in [6, 6.07) is 21.3. The van der Waals surface area contributed by atoms with Crippen LogP contribution in [-0.4, -0.2) is 19.3 Å². The van der Waals surface area contributed by atoms with Crippen molar-refractivity contribution in [3.05, 3.63) is 88.4 Å². The first kappa shape index (κ1) is 21.0. The second kappa shape index (κ2) is 9.68. The monoisotopic (exact) mass is 411 g/mol. The Labute approximate surface area is 177 Å². The topological polar surface area (TPSA) is 50.7 Å². The van der Waals surface area contributed by atoms with Crippen LogP contribution in [0.4, 0.5) is 5.69 Å². The van der Waals surface area contributed by atoms with Crippen molar-refractivity contribution in [2.45, 2.75) is 25.5 Å². The Balaban J connectivity index is 1.85. The average Bonchev–Trinajstić information content (AvgIpc) is 2.74. The molecule has 0 aliphatic heterocycles. The van der Waals surface area contributed by atoms with E-state index in [1.54, 1.807) is 14.2 Å². The summed E-state index contributed by atoms with van der Waals surface area (Å²) in [5.74, 6) is 1.23. The van der Waals surface area contributed by atoms with Gasteiger partial charge in [-0.2, -0.15) is 0 Å². The molecule has 29 heavy (non-hydrogen) atoms. The van der Waals surface area contributed by atoms with Crippen LogP contribution in [0.1, 0.15) is 35.3 Å². The van der Waals surface area contributed by atoms with Gasteiger partial charge in [-0.25, -0.2) is 0 Å². The van der Waals surface area contributed by atoms with Crippen LogP contribution >= 0.6 is 11.6 Å². The van der Waals surface area contributed by atoms with E-state index in [4.69, 9.17) is 21.1 Å². The third kappa shape index (κ3) is 5.43. The van der Waals surface area contributed by atoms with Gasteiger partial charge in [0.25, 0.3) is 0 Å². The zero-order valence-electron chi connectivity index (χ0n) is 16.9. The number of rotatable bonds is 8. The molecule has 3 aromatic rings. The Morgan fingerprint density at radius 2 is 1.48 bits per heavy atom. The van der Waals surface area contributed by atoms with Crippen LogP contribution in [0.5, 0.6) is 11.5 Å². The van der Waals surface area contributed by atoms with Gasteiger partial charge in [0.05, 0.1) is 26.4 Å². The molecular formula is C24H26ClNO3. The van der Waals surface area contributed by atoms with Gasteiger partial charge in [0.15, 0.2) is 11.5 Å². The minimum absolute atomic E-state index is 0.0990. The van der Waals surface area contributed by atoms with Crippen molar-refractivity contribution in [2.75, 3.05) is 19.5 Å². The third-order valence-corrected chi connectivity index (χ3v) is 5.17. The summed E-state index contributed by atoms with van der Waals surface area (Å²) in [4.78, 5) is 0. The maximum Gasteiger partial charge on any atom is 0.161 e. The zero-order chi connectivity index (χ0) is 20.8. The molecule has 0 aromatic heterocycles. The van der Waals surface area contributed by atoms with Gasteiger partial charge >= 0.3 is 0 Å². The lowest BCUT2D eigenvalue weighted by Crippen LogP contribution is -2.15. The zero-order valence-corrected chi connectivity index (χ0v) is 17.6. The van der Waals surface area contributed by atoms with Crippen LogP contribution in [0, 0.1) is 6.92 Å². The minimum atomic E-state index is -0.687. The first-order chi connectivity index (χ1) is 14.0. The maximum absolute atomic E-state index is 11.0. The second-order valence-electron chi connectivity index (χ2n) is 6.98. The number of aryl methyl sites for hydroxylation is 1. The number of halogens is 1. The highest BCUT2D eigenvalue weighted by Gasteiger charge is 2.19. The first-order valence-corrected chi connectivity index (χ1v) is 9.86. The summed E-state index contributed by atoms with van der Waals surface area (Å²) in [6.45, 7) is 2.06. The largest absolute Gasteiger partial charge is 0.493 e. The van der Waals surface area contributed by atoms with Crippen LogP contribution in [-0.2, 0) is 0 Å². The van der Waals surface area contributed by atoms with E-state index in [1.165, 1.54) is 5.56 Å². The maximum atomic E-state index is 11.0. The van der Waals surface area contributed by atoms with Crippen molar-refractivity contribution >= 4 is 17.3 Å². The fraction of sp³-hybridized carbons (Fsp3) is 0.250. The molecular weight excluding hydrogens is 386 g/mol. The molecule has 4 nitrogen and oxygen atoms in total. The van der Waals surface area contributed by atoms with E-state index in [0.717, 1.165) is 16.8 Å². The SMILES string of the molecule is COc1ccc(C(O)CC(Nc2ccc(C)cc2)c2ccc(Cl)cc2)cc1OC. The van der Waals surface area contributed by atoms with E-state index in [0.29, 0.717) is 22.9 Å². The molecule has 0 saturated heterocycles. The quantitative estimate of drug-likeness (QED) is 0.481. The van der Waals surface area contributed by atoms with Crippen LogP contribution in [0.3, 0.4) is 0 Å². The fourth-order valence-corrected chi connectivity index (χ4v) is 3.37. The van der Waals surface area contributed by atoms with Crippen LogP contribution in [0.2, 0.25) is 5.02 Å². The van der Waals surface area contributed by atoms with E-state index >= 15 is 0 Å². The van der Waals surface area contributed by atoms with Crippen molar-refractivity contribution in [2.24, 2.45) is 0 Å². The molecule has 2 unspecified atom stereocenters. The third-order valence-electron chi connectivity index (χ3n) is 4.92. The van der Waals surface area contributed by atoms with E-state index in [9.17, 15) is 5.11 Å². The summed E-state index contributed by atoms with van der Waals surface area (Å²) >= 11 is 6.06. The minimum Gasteiger partial charge on any atom is -0.493 e. The number of aliphatic hydroxyl groups excluding tert-OH is 1. The highest BCUT2D eigenvalue weighted by atomic mass is 35.5. The smallest absolute Gasteiger partial charge is 0.161 e. The molecule has 0 aliphatic carbocycles. The molecule has 0 saturated carbocycles. The van der Waals surface area contributed by atoms with Gasteiger partial charge in [-0.15, -0.1) is 0 Å². The van der Waals surface area contributed by atoms with E-state index in [2.05, 4.69) is 24.4 Å². The van der Waals surface area contributed by atoms with Gasteiger partial charge in [-0.1, -0.05) is 47.5 Å². The molecule has 3 rings (SSSR count). The molecule has 0 aliphatic rings. The average molecular weight is 412 g/mol. The van der Waals surface area contributed by atoms with Gasteiger partial charge in [0.2, 0.25) is 0 Å².